The van der Waals surface area contributed by atoms with Gasteiger partial charge in [-0.3, -0.25) is 4.79 Å². The molecule has 0 fully saturated rings. The van der Waals surface area contributed by atoms with Crippen LogP contribution in [0.4, 0.5) is 0 Å². The number of aliphatic carboxylic acids is 1. The minimum Gasteiger partial charge on any atom is -0.481 e. The van der Waals surface area contributed by atoms with E-state index in [4.69, 9.17) is 9.72 Å². The van der Waals surface area contributed by atoms with Crippen molar-refractivity contribution in [3.63, 3.8) is 0 Å². The highest BCUT2D eigenvalue weighted by atomic mass is 16.5. The number of aryl methyl sites for hydroxylation is 1. The summed E-state index contributed by atoms with van der Waals surface area (Å²) in [5.41, 5.74) is 2.65. The van der Waals surface area contributed by atoms with E-state index in [0.29, 0.717) is 35.0 Å². The summed E-state index contributed by atoms with van der Waals surface area (Å²) in [6.07, 6.45) is 1.23. The highest BCUT2D eigenvalue weighted by Crippen LogP contribution is 2.37. The SMILES string of the molecule is CCCC(C(=O)O)c1c(C)nc2c3ccccc3nn2c1Oc1ccccc1. The van der Waals surface area contributed by atoms with Gasteiger partial charge in [-0.15, -0.1) is 0 Å². The zero-order valence-corrected chi connectivity index (χ0v) is 15.8. The van der Waals surface area contributed by atoms with Gasteiger partial charge in [-0.1, -0.05) is 43.7 Å². The lowest BCUT2D eigenvalue weighted by molar-refractivity contribution is -0.139. The Labute approximate surface area is 162 Å². The molecule has 0 bridgehead atoms. The molecule has 6 nitrogen and oxygen atoms in total. The van der Waals surface area contributed by atoms with Gasteiger partial charge in [0.15, 0.2) is 5.65 Å². The summed E-state index contributed by atoms with van der Waals surface area (Å²) in [7, 11) is 0. The third-order valence-corrected chi connectivity index (χ3v) is 4.82. The second-order valence-corrected chi connectivity index (χ2v) is 6.76. The Morgan fingerprint density at radius 2 is 1.86 bits per heavy atom. The maximum Gasteiger partial charge on any atom is 0.311 e. The highest BCUT2D eigenvalue weighted by Gasteiger charge is 2.29. The quantitative estimate of drug-likeness (QED) is 0.516. The summed E-state index contributed by atoms with van der Waals surface area (Å²) in [4.78, 5) is 16.8. The fraction of sp³-hybridized carbons (Fsp3) is 0.227. The largest absolute Gasteiger partial charge is 0.481 e. The van der Waals surface area contributed by atoms with Gasteiger partial charge in [0.05, 0.1) is 17.0 Å². The van der Waals surface area contributed by atoms with Crippen LogP contribution in [0.25, 0.3) is 16.6 Å². The van der Waals surface area contributed by atoms with Crippen LogP contribution in [-0.4, -0.2) is 25.7 Å². The van der Waals surface area contributed by atoms with Crippen LogP contribution in [0.3, 0.4) is 0 Å². The topological polar surface area (TPSA) is 76.7 Å². The van der Waals surface area contributed by atoms with Crippen LogP contribution in [-0.2, 0) is 4.79 Å². The van der Waals surface area contributed by atoms with Crippen molar-refractivity contribution in [1.82, 2.24) is 14.6 Å². The van der Waals surface area contributed by atoms with Gasteiger partial charge in [0.1, 0.15) is 5.75 Å². The zero-order chi connectivity index (χ0) is 19.7. The molecule has 0 saturated heterocycles. The van der Waals surface area contributed by atoms with E-state index in [1.807, 2.05) is 68.4 Å². The number of carboxylic acids is 1. The van der Waals surface area contributed by atoms with E-state index in [1.54, 1.807) is 4.52 Å². The number of ether oxygens (including phenoxy) is 1. The van der Waals surface area contributed by atoms with Crippen molar-refractivity contribution in [2.75, 3.05) is 0 Å². The number of aromatic nitrogens is 3. The normalized spacial score (nSPS) is 12.4. The maximum absolute atomic E-state index is 12.0. The third-order valence-electron chi connectivity index (χ3n) is 4.82. The monoisotopic (exact) mass is 375 g/mol. The predicted octanol–water partition coefficient (Wildman–Crippen LogP) is 4.95. The average molecular weight is 375 g/mol. The molecule has 142 valence electrons. The molecule has 4 aromatic rings. The molecular weight excluding hydrogens is 354 g/mol. The Bertz CT molecular complexity index is 1150. The number of para-hydroxylation sites is 1. The Morgan fingerprint density at radius 1 is 1.14 bits per heavy atom. The smallest absolute Gasteiger partial charge is 0.311 e. The molecule has 28 heavy (non-hydrogen) atoms. The number of carbonyl (C=O) groups is 1. The summed E-state index contributed by atoms with van der Waals surface area (Å²) in [6.45, 7) is 3.80. The van der Waals surface area contributed by atoms with Crippen LogP contribution in [0.1, 0.15) is 36.9 Å². The molecule has 0 radical (unpaired) electrons. The van der Waals surface area contributed by atoms with Crippen molar-refractivity contribution in [2.24, 2.45) is 0 Å². The van der Waals surface area contributed by atoms with Crippen LogP contribution < -0.4 is 4.74 Å². The van der Waals surface area contributed by atoms with Crippen molar-refractivity contribution in [2.45, 2.75) is 32.6 Å². The van der Waals surface area contributed by atoms with E-state index in [-0.39, 0.29) is 0 Å². The molecular formula is C22H21N3O3. The van der Waals surface area contributed by atoms with Crippen molar-refractivity contribution in [3.8, 4) is 11.6 Å². The van der Waals surface area contributed by atoms with E-state index in [1.165, 1.54) is 0 Å². The molecule has 0 aliphatic carbocycles. The lowest BCUT2D eigenvalue weighted by Gasteiger charge is -2.19. The predicted molar refractivity (Wildman–Crippen MR) is 107 cm³/mol. The van der Waals surface area contributed by atoms with Gasteiger partial charge >= 0.3 is 5.97 Å². The molecule has 2 heterocycles. The maximum atomic E-state index is 12.0. The number of hydrogen-bond donors (Lipinski definition) is 1. The molecule has 0 amide bonds. The van der Waals surface area contributed by atoms with E-state index in [0.717, 1.165) is 17.3 Å². The van der Waals surface area contributed by atoms with Gasteiger partial charge in [-0.2, -0.15) is 9.61 Å². The molecule has 4 rings (SSSR count). The van der Waals surface area contributed by atoms with Crippen LogP contribution in [0, 0.1) is 6.92 Å². The molecule has 1 atom stereocenters. The fourth-order valence-electron chi connectivity index (χ4n) is 3.54. The van der Waals surface area contributed by atoms with Crippen LogP contribution in [0.5, 0.6) is 11.6 Å². The number of fused-ring (bicyclic) bond motifs is 3. The summed E-state index contributed by atoms with van der Waals surface area (Å²) >= 11 is 0. The van der Waals surface area contributed by atoms with Gasteiger partial charge < -0.3 is 9.84 Å². The van der Waals surface area contributed by atoms with Crippen LogP contribution in [0.2, 0.25) is 0 Å². The van der Waals surface area contributed by atoms with Gasteiger partial charge in [0.2, 0.25) is 5.88 Å². The van der Waals surface area contributed by atoms with E-state index < -0.39 is 11.9 Å². The fourth-order valence-corrected chi connectivity index (χ4v) is 3.54. The Morgan fingerprint density at radius 3 is 2.57 bits per heavy atom. The summed E-state index contributed by atoms with van der Waals surface area (Å²) in [5.74, 6) is -0.574. The van der Waals surface area contributed by atoms with Crippen molar-refractivity contribution >= 4 is 22.5 Å². The van der Waals surface area contributed by atoms with Crippen molar-refractivity contribution in [3.05, 3.63) is 65.9 Å². The van der Waals surface area contributed by atoms with Crippen molar-refractivity contribution < 1.29 is 14.6 Å². The second kappa shape index (κ2) is 7.31. The molecule has 0 aliphatic rings. The first kappa shape index (κ1) is 18.0. The lowest BCUT2D eigenvalue weighted by atomic mass is 9.94. The molecule has 0 aliphatic heterocycles. The highest BCUT2D eigenvalue weighted by molar-refractivity contribution is 5.92. The van der Waals surface area contributed by atoms with Gasteiger partial charge in [-0.05, 0) is 37.6 Å². The Hall–Kier alpha value is -3.41. The molecule has 2 aromatic heterocycles. The first-order valence-corrected chi connectivity index (χ1v) is 9.33. The number of rotatable bonds is 6. The first-order chi connectivity index (χ1) is 13.6. The molecule has 2 aromatic carbocycles. The van der Waals surface area contributed by atoms with Crippen molar-refractivity contribution in [1.29, 1.82) is 0 Å². The number of carboxylic acid groups (broad SMARTS) is 1. The lowest BCUT2D eigenvalue weighted by Crippen LogP contribution is -2.17. The molecule has 6 heteroatoms. The summed E-state index contributed by atoms with van der Waals surface area (Å²) in [5, 5.41) is 15.4. The molecule has 0 saturated carbocycles. The molecule has 0 spiro atoms. The van der Waals surface area contributed by atoms with Gasteiger partial charge in [-0.25, -0.2) is 4.98 Å². The standard InChI is InChI=1S/C22H21N3O3/c1-3-9-17(22(26)27)19-14(2)23-20-16-12-7-8-13-18(16)24-25(20)21(19)28-15-10-5-4-6-11-15/h4-8,10-13,17H,3,9H2,1-2H3,(H,26,27). The van der Waals surface area contributed by atoms with E-state index in [2.05, 4.69) is 5.10 Å². The zero-order valence-electron chi connectivity index (χ0n) is 15.8. The second-order valence-electron chi connectivity index (χ2n) is 6.76. The van der Waals surface area contributed by atoms with Gasteiger partial charge in [0.25, 0.3) is 0 Å². The Balaban J connectivity index is 2.03. The number of hydrogen-bond acceptors (Lipinski definition) is 4. The minimum atomic E-state index is -0.888. The molecule has 1 N–H and O–H groups in total. The summed E-state index contributed by atoms with van der Waals surface area (Å²) in [6, 6.07) is 17.0. The summed E-state index contributed by atoms with van der Waals surface area (Å²) < 4.78 is 7.84. The van der Waals surface area contributed by atoms with E-state index in [9.17, 15) is 9.90 Å². The third kappa shape index (κ3) is 3.07. The van der Waals surface area contributed by atoms with Crippen LogP contribution >= 0.6 is 0 Å². The first-order valence-electron chi connectivity index (χ1n) is 9.33. The number of nitrogens with zero attached hydrogens (tertiary/aromatic N) is 3. The average Bonchev–Trinajstić information content (AvgIpc) is 3.06. The Kier molecular flexibility index (Phi) is 4.69. The number of benzene rings is 2. The van der Waals surface area contributed by atoms with Crippen LogP contribution in [0.15, 0.2) is 54.6 Å². The molecule has 1 unspecified atom stereocenters. The van der Waals surface area contributed by atoms with E-state index >= 15 is 0 Å². The van der Waals surface area contributed by atoms with Gasteiger partial charge in [0, 0.05) is 11.1 Å². The minimum absolute atomic E-state index is 0.408.